The zero-order valence-corrected chi connectivity index (χ0v) is 17.2. The molecule has 7 heteroatoms. The van der Waals surface area contributed by atoms with Gasteiger partial charge in [0, 0.05) is 29.0 Å². The number of benzene rings is 2. The highest BCUT2D eigenvalue weighted by atomic mass is 16.5. The number of carbonyl (C=O) groups excluding carboxylic acids is 2. The molecular weight excluding hydrogens is 384 g/mol. The van der Waals surface area contributed by atoms with Crippen molar-refractivity contribution in [2.45, 2.75) is 20.3 Å². The van der Waals surface area contributed by atoms with E-state index in [2.05, 4.69) is 10.9 Å². The van der Waals surface area contributed by atoms with Crippen molar-refractivity contribution in [3.63, 3.8) is 0 Å². The fraction of sp³-hybridized carbons (Fsp3) is 0.217. The van der Waals surface area contributed by atoms with Crippen LogP contribution in [0.25, 0.3) is 17.0 Å². The summed E-state index contributed by atoms with van der Waals surface area (Å²) in [4.78, 5) is 24.5. The van der Waals surface area contributed by atoms with Crippen LogP contribution in [0.5, 0.6) is 11.5 Å². The summed E-state index contributed by atoms with van der Waals surface area (Å²) in [6.07, 6.45) is 3.74. The molecular formula is C23H24N2O5. The number of para-hydroxylation sites is 1. The van der Waals surface area contributed by atoms with Crippen molar-refractivity contribution in [3.05, 3.63) is 65.4 Å². The van der Waals surface area contributed by atoms with E-state index in [1.54, 1.807) is 24.3 Å². The van der Waals surface area contributed by atoms with Crippen LogP contribution in [0.2, 0.25) is 0 Å². The van der Waals surface area contributed by atoms with Crippen LogP contribution < -0.4 is 20.3 Å². The van der Waals surface area contributed by atoms with E-state index in [4.69, 9.17) is 13.9 Å². The van der Waals surface area contributed by atoms with Gasteiger partial charge >= 0.3 is 0 Å². The number of carbonyl (C=O) groups is 2. The van der Waals surface area contributed by atoms with E-state index in [0.717, 1.165) is 22.3 Å². The SMILES string of the molecule is CCOc1ccc(C(=O)NNC(=O)/C=C/c2c(CC)oc3ccccc23)cc1OC. The zero-order chi connectivity index (χ0) is 21.5. The molecule has 1 aromatic heterocycles. The normalized spacial score (nSPS) is 10.9. The molecule has 1 heterocycles. The minimum absolute atomic E-state index is 0.327. The van der Waals surface area contributed by atoms with Gasteiger partial charge in [-0.2, -0.15) is 0 Å². The number of aryl methyl sites for hydroxylation is 1. The second-order valence-electron chi connectivity index (χ2n) is 6.36. The van der Waals surface area contributed by atoms with Crippen molar-refractivity contribution >= 4 is 28.9 Å². The summed E-state index contributed by atoms with van der Waals surface area (Å²) in [6.45, 7) is 4.33. The minimum atomic E-state index is -0.471. The Balaban J connectivity index is 1.66. The number of rotatable bonds is 7. The minimum Gasteiger partial charge on any atom is -0.493 e. The van der Waals surface area contributed by atoms with Gasteiger partial charge in [-0.05, 0) is 37.3 Å². The molecule has 0 aliphatic carbocycles. The first-order chi connectivity index (χ1) is 14.6. The second kappa shape index (κ2) is 9.65. The molecule has 0 bridgehead atoms. The van der Waals surface area contributed by atoms with E-state index >= 15 is 0 Å². The molecule has 0 radical (unpaired) electrons. The number of furan rings is 1. The Morgan fingerprint density at radius 1 is 1.07 bits per heavy atom. The third-order valence-electron chi connectivity index (χ3n) is 4.46. The van der Waals surface area contributed by atoms with Gasteiger partial charge < -0.3 is 13.9 Å². The average Bonchev–Trinajstić information content (AvgIpc) is 3.14. The van der Waals surface area contributed by atoms with Crippen LogP contribution >= 0.6 is 0 Å². The van der Waals surface area contributed by atoms with Gasteiger partial charge in [0.15, 0.2) is 11.5 Å². The Hall–Kier alpha value is -3.74. The van der Waals surface area contributed by atoms with Crippen LogP contribution in [0, 0.1) is 0 Å². The Kier molecular flexibility index (Phi) is 6.75. The van der Waals surface area contributed by atoms with Gasteiger partial charge in [-0.25, -0.2) is 0 Å². The lowest BCUT2D eigenvalue weighted by Gasteiger charge is -2.11. The van der Waals surface area contributed by atoms with Crippen molar-refractivity contribution in [3.8, 4) is 11.5 Å². The molecule has 2 N–H and O–H groups in total. The number of hydrogen-bond donors (Lipinski definition) is 2. The summed E-state index contributed by atoms with van der Waals surface area (Å²) < 4.78 is 16.5. The number of hydrazine groups is 1. The maximum atomic E-state index is 12.3. The highest BCUT2D eigenvalue weighted by molar-refractivity contribution is 5.99. The Morgan fingerprint density at radius 2 is 1.87 bits per heavy atom. The molecule has 0 saturated heterocycles. The second-order valence-corrected chi connectivity index (χ2v) is 6.36. The summed E-state index contributed by atoms with van der Waals surface area (Å²) in [5, 5.41) is 0.934. The topological polar surface area (TPSA) is 89.8 Å². The number of amides is 2. The van der Waals surface area contributed by atoms with E-state index in [0.29, 0.717) is 30.1 Å². The van der Waals surface area contributed by atoms with E-state index in [1.807, 2.05) is 38.1 Å². The van der Waals surface area contributed by atoms with Crippen molar-refractivity contribution < 1.29 is 23.5 Å². The molecule has 0 saturated carbocycles. The largest absolute Gasteiger partial charge is 0.493 e. The molecule has 30 heavy (non-hydrogen) atoms. The van der Waals surface area contributed by atoms with Gasteiger partial charge in [-0.15, -0.1) is 0 Å². The highest BCUT2D eigenvalue weighted by Gasteiger charge is 2.12. The first-order valence-electron chi connectivity index (χ1n) is 9.67. The van der Waals surface area contributed by atoms with Crippen molar-refractivity contribution in [1.29, 1.82) is 0 Å². The van der Waals surface area contributed by atoms with Crippen LogP contribution in [-0.2, 0) is 11.2 Å². The molecule has 0 fully saturated rings. The smallest absolute Gasteiger partial charge is 0.269 e. The Morgan fingerprint density at radius 3 is 2.60 bits per heavy atom. The maximum absolute atomic E-state index is 12.3. The number of fused-ring (bicyclic) bond motifs is 1. The van der Waals surface area contributed by atoms with E-state index < -0.39 is 11.8 Å². The van der Waals surface area contributed by atoms with E-state index in [-0.39, 0.29) is 0 Å². The molecule has 0 aliphatic rings. The summed E-state index contributed by atoms with van der Waals surface area (Å²) >= 11 is 0. The van der Waals surface area contributed by atoms with E-state index in [9.17, 15) is 9.59 Å². The standard InChI is InChI=1S/C23H24N2O5/c1-4-18-17(16-8-6-7-9-19(16)30-18)11-13-22(26)24-25-23(27)15-10-12-20(29-5-2)21(14-15)28-3/h6-14H,4-5H2,1-3H3,(H,24,26)(H,25,27)/b13-11+. The Bertz CT molecular complexity index is 1080. The van der Waals surface area contributed by atoms with Gasteiger partial charge in [-0.3, -0.25) is 20.4 Å². The first kappa shape index (κ1) is 21.0. The summed E-state index contributed by atoms with van der Waals surface area (Å²) in [7, 11) is 1.50. The first-order valence-corrected chi connectivity index (χ1v) is 9.67. The van der Waals surface area contributed by atoms with Crippen LogP contribution in [0.1, 0.15) is 35.5 Å². The van der Waals surface area contributed by atoms with Crippen LogP contribution in [0.15, 0.2) is 53.0 Å². The van der Waals surface area contributed by atoms with Crippen molar-refractivity contribution in [2.75, 3.05) is 13.7 Å². The summed E-state index contributed by atoms with van der Waals surface area (Å²) in [5.74, 6) is 0.845. The lowest BCUT2D eigenvalue weighted by molar-refractivity contribution is -0.117. The van der Waals surface area contributed by atoms with Gasteiger partial charge in [0.25, 0.3) is 11.8 Å². The van der Waals surface area contributed by atoms with Crippen molar-refractivity contribution in [2.24, 2.45) is 0 Å². The lowest BCUT2D eigenvalue weighted by atomic mass is 10.1. The van der Waals surface area contributed by atoms with Crippen LogP contribution in [-0.4, -0.2) is 25.5 Å². The third-order valence-corrected chi connectivity index (χ3v) is 4.46. The van der Waals surface area contributed by atoms with E-state index in [1.165, 1.54) is 13.2 Å². The highest BCUT2D eigenvalue weighted by Crippen LogP contribution is 2.28. The molecule has 3 aromatic rings. The summed E-state index contributed by atoms with van der Waals surface area (Å²) in [6, 6.07) is 12.4. The molecule has 0 atom stereocenters. The fourth-order valence-corrected chi connectivity index (χ4v) is 3.04. The third kappa shape index (κ3) is 4.63. The van der Waals surface area contributed by atoms with Crippen LogP contribution in [0.4, 0.5) is 0 Å². The number of ether oxygens (including phenoxy) is 2. The van der Waals surface area contributed by atoms with Crippen LogP contribution in [0.3, 0.4) is 0 Å². The quantitative estimate of drug-likeness (QED) is 0.457. The molecule has 2 amide bonds. The number of hydrogen-bond acceptors (Lipinski definition) is 5. The summed E-state index contributed by atoms with van der Waals surface area (Å²) in [5.41, 5.74) is 6.72. The number of nitrogens with one attached hydrogen (secondary N) is 2. The predicted molar refractivity (Wildman–Crippen MR) is 114 cm³/mol. The molecule has 3 rings (SSSR count). The van der Waals surface area contributed by atoms with Crippen molar-refractivity contribution in [1.82, 2.24) is 10.9 Å². The van der Waals surface area contributed by atoms with Gasteiger partial charge in [0.05, 0.1) is 13.7 Å². The molecule has 0 unspecified atom stereocenters. The van der Waals surface area contributed by atoms with Gasteiger partial charge in [-0.1, -0.05) is 25.1 Å². The van der Waals surface area contributed by atoms with Gasteiger partial charge in [0.2, 0.25) is 0 Å². The fourth-order valence-electron chi connectivity index (χ4n) is 3.04. The zero-order valence-electron chi connectivity index (χ0n) is 17.2. The molecule has 7 nitrogen and oxygen atoms in total. The predicted octanol–water partition coefficient (Wildman–Crippen LogP) is 3.88. The molecule has 156 valence electrons. The lowest BCUT2D eigenvalue weighted by Crippen LogP contribution is -2.40. The molecule has 0 spiro atoms. The maximum Gasteiger partial charge on any atom is 0.269 e. The molecule has 0 aliphatic heterocycles. The monoisotopic (exact) mass is 408 g/mol. The van der Waals surface area contributed by atoms with Gasteiger partial charge in [0.1, 0.15) is 11.3 Å². The average molecular weight is 408 g/mol. The Labute approximate surface area is 174 Å². The number of methoxy groups -OCH3 is 1. The molecule has 2 aromatic carbocycles.